The van der Waals surface area contributed by atoms with E-state index in [2.05, 4.69) is 5.32 Å². The van der Waals surface area contributed by atoms with Crippen molar-refractivity contribution in [1.82, 2.24) is 10.0 Å². The smallest absolute Gasteiger partial charge is 0.322 e. The van der Waals surface area contributed by atoms with Gasteiger partial charge in [-0.25, -0.2) is 0 Å². The number of aliphatic carboxylic acids is 1. The van der Waals surface area contributed by atoms with E-state index in [1.807, 2.05) is 6.92 Å². The van der Waals surface area contributed by atoms with Crippen molar-refractivity contribution < 1.29 is 24.6 Å². The molecule has 0 fully saturated rings. The van der Waals surface area contributed by atoms with Crippen LogP contribution < -0.4 is 15.7 Å². The molecular formula is C15H16N2O6. The van der Waals surface area contributed by atoms with Gasteiger partial charge in [0.2, 0.25) is 0 Å². The highest BCUT2D eigenvalue weighted by Crippen LogP contribution is 2.25. The summed E-state index contributed by atoms with van der Waals surface area (Å²) < 4.78 is 0.939. The van der Waals surface area contributed by atoms with Crippen LogP contribution in [0.1, 0.15) is 23.7 Å². The molecule has 2 rings (SSSR count). The predicted molar refractivity (Wildman–Crippen MR) is 81.6 cm³/mol. The van der Waals surface area contributed by atoms with Crippen molar-refractivity contribution in [1.29, 1.82) is 0 Å². The van der Waals surface area contributed by atoms with E-state index < -0.39 is 35.3 Å². The molecule has 0 spiro atoms. The van der Waals surface area contributed by atoms with Crippen LogP contribution in [-0.4, -0.2) is 40.0 Å². The summed E-state index contributed by atoms with van der Waals surface area (Å²) in [5.41, 5.74) is -1.09. The number of nitrogens with one attached hydrogen (secondary N) is 1. The monoisotopic (exact) mass is 320 g/mol. The number of fused-ring (bicyclic) bond motifs is 1. The molecule has 0 saturated carbocycles. The highest BCUT2D eigenvalue weighted by atomic mass is 16.7. The number of pyridine rings is 1. The standard InChI is InChI=1S/C15H16N2O6/c1-2-7-23-17-10-6-4-3-5-9(10)13(20)12(15(17)22)14(21)16-8-11(18)19/h3-6,20H,2,7-8H2,1H3,(H,16,21)(H,18,19). The Morgan fingerprint density at radius 2 is 2.00 bits per heavy atom. The second-order valence-electron chi connectivity index (χ2n) is 4.75. The van der Waals surface area contributed by atoms with Gasteiger partial charge in [0.05, 0.1) is 5.52 Å². The van der Waals surface area contributed by atoms with E-state index in [-0.39, 0.29) is 12.0 Å². The first-order chi connectivity index (χ1) is 11.0. The molecule has 23 heavy (non-hydrogen) atoms. The molecule has 1 amide bonds. The third kappa shape index (κ3) is 3.25. The topological polar surface area (TPSA) is 118 Å². The Hall–Kier alpha value is -3.03. The van der Waals surface area contributed by atoms with Crippen LogP contribution in [-0.2, 0) is 4.79 Å². The van der Waals surface area contributed by atoms with Gasteiger partial charge in [0.25, 0.3) is 11.5 Å². The van der Waals surface area contributed by atoms with Crippen LogP contribution in [0.4, 0.5) is 0 Å². The van der Waals surface area contributed by atoms with Crippen molar-refractivity contribution in [2.75, 3.05) is 13.2 Å². The molecule has 1 aromatic carbocycles. The van der Waals surface area contributed by atoms with Crippen molar-refractivity contribution in [2.24, 2.45) is 0 Å². The summed E-state index contributed by atoms with van der Waals surface area (Å²) in [7, 11) is 0. The number of hydrogen-bond donors (Lipinski definition) is 3. The van der Waals surface area contributed by atoms with Crippen molar-refractivity contribution in [3.8, 4) is 5.75 Å². The zero-order chi connectivity index (χ0) is 17.0. The lowest BCUT2D eigenvalue weighted by atomic mass is 10.1. The SMILES string of the molecule is CCCOn1c(=O)c(C(=O)NCC(=O)O)c(O)c2ccccc21. The van der Waals surface area contributed by atoms with E-state index in [0.717, 1.165) is 4.73 Å². The van der Waals surface area contributed by atoms with Gasteiger partial charge < -0.3 is 20.4 Å². The minimum Gasteiger partial charge on any atom is -0.506 e. The maximum Gasteiger partial charge on any atom is 0.322 e. The molecule has 0 saturated heterocycles. The van der Waals surface area contributed by atoms with Crippen LogP contribution in [0, 0.1) is 0 Å². The number of aromatic nitrogens is 1. The minimum atomic E-state index is -1.26. The van der Waals surface area contributed by atoms with Crippen LogP contribution >= 0.6 is 0 Å². The van der Waals surface area contributed by atoms with E-state index in [9.17, 15) is 19.5 Å². The summed E-state index contributed by atoms with van der Waals surface area (Å²) in [4.78, 5) is 40.4. The molecule has 0 atom stereocenters. The summed E-state index contributed by atoms with van der Waals surface area (Å²) >= 11 is 0. The number of carboxylic acids is 1. The highest BCUT2D eigenvalue weighted by molar-refractivity contribution is 6.02. The lowest BCUT2D eigenvalue weighted by Crippen LogP contribution is -2.37. The second kappa shape index (κ2) is 6.82. The lowest BCUT2D eigenvalue weighted by molar-refractivity contribution is -0.135. The fourth-order valence-corrected chi connectivity index (χ4v) is 2.06. The lowest BCUT2D eigenvalue weighted by Gasteiger charge is -2.14. The number of rotatable bonds is 6. The number of carbonyl (C=O) groups excluding carboxylic acids is 1. The Morgan fingerprint density at radius 3 is 2.65 bits per heavy atom. The third-order valence-corrected chi connectivity index (χ3v) is 3.06. The average molecular weight is 320 g/mol. The predicted octanol–water partition coefficient (Wildman–Crippen LogP) is 0.360. The van der Waals surface area contributed by atoms with Gasteiger partial charge in [-0.05, 0) is 18.6 Å². The van der Waals surface area contributed by atoms with E-state index in [4.69, 9.17) is 9.94 Å². The Balaban J connectivity index is 2.62. The Morgan fingerprint density at radius 1 is 1.30 bits per heavy atom. The molecule has 0 aliphatic carbocycles. The van der Waals surface area contributed by atoms with Crippen LogP contribution in [0.2, 0.25) is 0 Å². The van der Waals surface area contributed by atoms with Gasteiger partial charge >= 0.3 is 5.97 Å². The second-order valence-corrected chi connectivity index (χ2v) is 4.75. The van der Waals surface area contributed by atoms with E-state index in [0.29, 0.717) is 11.9 Å². The third-order valence-electron chi connectivity index (χ3n) is 3.06. The number of carbonyl (C=O) groups is 2. The number of benzene rings is 1. The minimum absolute atomic E-state index is 0.241. The number of amides is 1. The summed E-state index contributed by atoms with van der Waals surface area (Å²) in [6, 6.07) is 6.40. The highest BCUT2D eigenvalue weighted by Gasteiger charge is 2.23. The zero-order valence-electron chi connectivity index (χ0n) is 12.4. The molecule has 8 nitrogen and oxygen atoms in total. The largest absolute Gasteiger partial charge is 0.506 e. The van der Waals surface area contributed by atoms with E-state index in [1.165, 1.54) is 6.07 Å². The Kier molecular flexibility index (Phi) is 4.85. The molecule has 8 heteroatoms. The van der Waals surface area contributed by atoms with Gasteiger partial charge in [0, 0.05) is 5.39 Å². The Bertz CT molecular complexity index is 811. The van der Waals surface area contributed by atoms with Crippen molar-refractivity contribution in [3.05, 3.63) is 40.2 Å². The van der Waals surface area contributed by atoms with E-state index >= 15 is 0 Å². The molecule has 0 radical (unpaired) electrons. The molecule has 1 heterocycles. The van der Waals surface area contributed by atoms with Crippen molar-refractivity contribution in [2.45, 2.75) is 13.3 Å². The van der Waals surface area contributed by atoms with Gasteiger partial charge in [-0.1, -0.05) is 19.1 Å². The fourth-order valence-electron chi connectivity index (χ4n) is 2.06. The number of nitrogens with zero attached hydrogens (tertiary/aromatic N) is 1. The van der Waals surface area contributed by atoms with Crippen LogP contribution in [0.15, 0.2) is 29.1 Å². The average Bonchev–Trinajstić information content (AvgIpc) is 2.53. The quantitative estimate of drug-likeness (QED) is 0.707. The van der Waals surface area contributed by atoms with E-state index in [1.54, 1.807) is 18.2 Å². The molecule has 0 bridgehead atoms. The van der Waals surface area contributed by atoms with Crippen molar-refractivity contribution >= 4 is 22.8 Å². The number of carboxylic acid groups (broad SMARTS) is 1. The molecule has 0 unspecified atom stereocenters. The maximum atomic E-state index is 12.5. The molecule has 2 aromatic rings. The van der Waals surface area contributed by atoms with Crippen LogP contribution in [0.25, 0.3) is 10.9 Å². The zero-order valence-corrected chi connectivity index (χ0v) is 12.4. The van der Waals surface area contributed by atoms with Gasteiger partial charge in [0.15, 0.2) is 5.56 Å². The van der Waals surface area contributed by atoms with Gasteiger partial charge in [-0.15, -0.1) is 4.73 Å². The fraction of sp³-hybridized carbons (Fsp3) is 0.267. The maximum absolute atomic E-state index is 12.5. The molecule has 0 aliphatic heterocycles. The van der Waals surface area contributed by atoms with Crippen molar-refractivity contribution in [3.63, 3.8) is 0 Å². The number of hydrogen-bond acceptors (Lipinski definition) is 5. The normalized spacial score (nSPS) is 10.5. The summed E-state index contributed by atoms with van der Waals surface area (Å²) in [6.45, 7) is 1.43. The number of aromatic hydroxyl groups is 1. The van der Waals surface area contributed by atoms with Crippen LogP contribution in [0.3, 0.4) is 0 Å². The summed E-state index contributed by atoms with van der Waals surface area (Å²) in [6.07, 6.45) is 0.641. The summed E-state index contributed by atoms with van der Waals surface area (Å²) in [5, 5.41) is 21.2. The van der Waals surface area contributed by atoms with Gasteiger partial charge in [-0.3, -0.25) is 14.4 Å². The molecule has 0 aliphatic rings. The first-order valence-electron chi connectivity index (χ1n) is 6.97. The molecule has 122 valence electrons. The molecule has 1 aromatic heterocycles. The number of para-hydroxylation sites is 1. The molecule has 3 N–H and O–H groups in total. The van der Waals surface area contributed by atoms with Gasteiger partial charge in [0.1, 0.15) is 18.9 Å². The Labute approximate surface area is 130 Å². The molecular weight excluding hydrogens is 304 g/mol. The first kappa shape index (κ1) is 16.3. The first-order valence-corrected chi connectivity index (χ1v) is 6.97. The summed E-state index contributed by atoms with van der Waals surface area (Å²) in [5.74, 6) is -2.75. The van der Waals surface area contributed by atoms with Crippen LogP contribution in [0.5, 0.6) is 5.75 Å². The van der Waals surface area contributed by atoms with Gasteiger partial charge in [-0.2, -0.15) is 0 Å².